The van der Waals surface area contributed by atoms with Crippen LogP contribution in [-0.4, -0.2) is 59.5 Å². The SMILES string of the molecule is C[C@@H](C(=O)NC(=O)NC12CC3CC(CC(C3)C1)C2)N1CCN(Cc2ccccc2)CC1. The topological polar surface area (TPSA) is 64.7 Å². The van der Waals surface area contributed by atoms with Crippen LogP contribution < -0.4 is 10.6 Å². The molecule has 4 saturated carbocycles. The molecule has 31 heavy (non-hydrogen) atoms. The zero-order chi connectivity index (χ0) is 21.4. The maximum Gasteiger partial charge on any atom is 0.321 e. The molecule has 1 atom stereocenters. The minimum Gasteiger partial charge on any atom is -0.332 e. The number of rotatable bonds is 5. The molecule has 1 aromatic carbocycles. The van der Waals surface area contributed by atoms with Gasteiger partial charge in [0.05, 0.1) is 6.04 Å². The lowest BCUT2D eigenvalue weighted by Crippen LogP contribution is -2.63. The first-order valence-corrected chi connectivity index (χ1v) is 12.1. The van der Waals surface area contributed by atoms with Crippen molar-refractivity contribution in [2.24, 2.45) is 17.8 Å². The minimum absolute atomic E-state index is 0.0641. The van der Waals surface area contributed by atoms with Crippen LogP contribution in [0.4, 0.5) is 4.79 Å². The van der Waals surface area contributed by atoms with Crippen LogP contribution in [0.25, 0.3) is 0 Å². The first-order valence-electron chi connectivity index (χ1n) is 12.1. The molecule has 4 bridgehead atoms. The number of carbonyl (C=O) groups is 2. The van der Waals surface area contributed by atoms with Gasteiger partial charge < -0.3 is 5.32 Å². The number of benzene rings is 1. The summed E-state index contributed by atoms with van der Waals surface area (Å²) in [5.41, 5.74) is 1.26. The van der Waals surface area contributed by atoms with Gasteiger partial charge in [0.1, 0.15) is 0 Å². The van der Waals surface area contributed by atoms with Crippen molar-refractivity contribution in [3.63, 3.8) is 0 Å². The molecule has 1 saturated heterocycles. The van der Waals surface area contributed by atoms with Gasteiger partial charge in [-0.25, -0.2) is 4.79 Å². The molecule has 0 unspecified atom stereocenters. The highest BCUT2D eigenvalue weighted by Crippen LogP contribution is 2.55. The predicted octanol–water partition coefficient (Wildman–Crippen LogP) is 2.99. The Morgan fingerprint density at radius 1 is 0.968 bits per heavy atom. The summed E-state index contributed by atoms with van der Waals surface area (Å²) in [6, 6.07) is 9.93. The second kappa shape index (κ2) is 8.55. The maximum absolute atomic E-state index is 12.8. The van der Waals surface area contributed by atoms with Crippen molar-refractivity contribution >= 4 is 11.9 Å². The fourth-order valence-electron chi connectivity index (χ4n) is 7.07. The van der Waals surface area contributed by atoms with E-state index in [9.17, 15) is 9.59 Å². The Kier molecular flexibility index (Phi) is 5.78. The fraction of sp³-hybridized carbons (Fsp3) is 0.680. The highest BCUT2D eigenvalue weighted by atomic mass is 16.2. The van der Waals surface area contributed by atoms with E-state index >= 15 is 0 Å². The van der Waals surface area contributed by atoms with E-state index in [2.05, 4.69) is 44.7 Å². The second-order valence-corrected chi connectivity index (χ2v) is 10.6. The summed E-state index contributed by atoms with van der Waals surface area (Å²) >= 11 is 0. The van der Waals surface area contributed by atoms with Gasteiger partial charge in [0.2, 0.25) is 5.91 Å². The van der Waals surface area contributed by atoms with E-state index in [4.69, 9.17) is 0 Å². The van der Waals surface area contributed by atoms with E-state index < -0.39 is 0 Å². The number of imide groups is 1. The van der Waals surface area contributed by atoms with E-state index in [0.29, 0.717) is 0 Å². The van der Waals surface area contributed by atoms with Crippen molar-refractivity contribution in [1.29, 1.82) is 0 Å². The summed E-state index contributed by atoms with van der Waals surface area (Å²) in [6.07, 6.45) is 7.32. The summed E-state index contributed by atoms with van der Waals surface area (Å²) in [5, 5.41) is 5.91. The van der Waals surface area contributed by atoms with E-state index in [1.165, 1.54) is 24.8 Å². The quantitative estimate of drug-likeness (QED) is 0.763. The molecule has 6 rings (SSSR count). The average molecular weight is 425 g/mol. The molecule has 5 fully saturated rings. The molecule has 1 aromatic rings. The summed E-state index contributed by atoms with van der Waals surface area (Å²) in [7, 11) is 0. The lowest BCUT2D eigenvalue weighted by Gasteiger charge is -2.56. The van der Waals surface area contributed by atoms with Crippen LogP contribution in [0.15, 0.2) is 30.3 Å². The molecule has 6 nitrogen and oxygen atoms in total. The van der Waals surface area contributed by atoms with Gasteiger partial charge in [-0.3, -0.25) is 19.9 Å². The van der Waals surface area contributed by atoms with Crippen LogP contribution in [0, 0.1) is 17.8 Å². The largest absolute Gasteiger partial charge is 0.332 e. The standard InChI is InChI=1S/C25H36N4O2/c1-18(29-9-7-28(8-10-29)17-19-5-3-2-4-6-19)23(30)26-24(31)27-25-14-20-11-21(15-25)13-22(12-20)16-25/h2-6,18,20-22H,7-17H2,1H3,(H2,26,27,30,31)/t18-,20?,21?,22?,25?/m0/s1. The Hall–Kier alpha value is -1.92. The van der Waals surface area contributed by atoms with E-state index in [0.717, 1.165) is 69.7 Å². The monoisotopic (exact) mass is 424 g/mol. The lowest BCUT2D eigenvalue weighted by atomic mass is 9.53. The van der Waals surface area contributed by atoms with Crippen molar-refractivity contribution in [3.05, 3.63) is 35.9 Å². The van der Waals surface area contributed by atoms with Crippen LogP contribution in [0.2, 0.25) is 0 Å². The Morgan fingerprint density at radius 3 is 2.13 bits per heavy atom. The number of piperazine rings is 1. The van der Waals surface area contributed by atoms with Gasteiger partial charge in [0.25, 0.3) is 0 Å². The Morgan fingerprint density at radius 2 is 1.55 bits per heavy atom. The minimum atomic E-state index is -0.291. The molecule has 6 heteroatoms. The zero-order valence-electron chi connectivity index (χ0n) is 18.7. The van der Waals surface area contributed by atoms with Crippen LogP contribution in [0.1, 0.15) is 51.0 Å². The molecule has 3 amide bonds. The van der Waals surface area contributed by atoms with Gasteiger partial charge >= 0.3 is 6.03 Å². The number of amides is 3. The molecule has 0 spiro atoms. The van der Waals surface area contributed by atoms with Crippen molar-refractivity contribution in [3.8, 4) is 0 Å². The van der Waals surface area contributed by atoms with Crippen molar-refractivity contribution in [2.45, 2.75) is 63.6 Å². The fourth-order valence-corrected chi connectivity index (χ4v) is 7.07. The van der Waals surface area contributed by atoms with E-state index in [1.54, 1.807) is 0 Å². The molecule has 1 heterocycles. The number of carbonyl (C=O) groups excluding carboxylic acids is 2. The normalized spacial score (nSPS) is 33.8. The van der Waals surface area contributed by atoms with Crippen LogP contribution in [0.5, 0.6) is 0 Å². The van der Waals surface area contributed by atoms with Gasteiger partial charge in [-0.1, -0.05) is 30.3 Å². The van der Waals surface area contributed by atoms with Crippen LogP contribution in [0.3, 0.4) is 0 Å². The molecule has 168 valence electrons. The van der Waals surface area contributed by atoms with Gasteiger partial charge in [-0.05, 0) is 68.8 Å². The van der Waals surface area contributed by atoms with Gasteiger partial charge in [0.15, 0.2) is 0 Å². The molecule has 0 radical (unpaired) electrons. The van der Waals surface area contributed by atoms with Gasteiger partial charge in [-0.2, -0.15) is 0 Å². The Labute approximate surface area is 185 Å². The van der Waals surface area contributed by atoms with Crippen molar-refractivity contribution in [1.82, 2.24) is 20.4 Å². The smallest absolute Gasteiger partial charge is 0.321 e. The highest BCUT2D eigenvalue weighted by molar-refractivity contribution is 5.97. The summed E-state index contributed by atoms with van der Waals surface area (Å²) in [4.78, 5) is 30.1. The summed E-state index contributed by atoms with van der Waals surface area (Å²) < 4.78 is 0. The summed E-state index contributed by atoms with van der Waals surface area (Å²) in [5.74, 6) is 2.13. The van der Waals surface area contributed by atoms with Gasteiger partial charge in [0, 0.05) is 38.3 Å². The van der Waals surface area contributed by atoms with Crippen LogP contribution in [-0.2, 0) is 11.3 Å². The Balaban J connectivity index is 1.09. The highest BCUT2D eigenvalue weighted by Gasteiger charge is 2.51. The zero-order valence-corrected chi connectivity index (χ0v) is 18.7. The first-order chi connectivity index (χ1) is 15.0. The first kappa shape index (κ1) is 21.0. The third-order valence-corrected chi connectivity index (χ3v) is 8.24. The number of hydrogen-bond acceptors (Lipinski definition) is 4. The number of nitrogens with one attached hydrogen (secondary N) is 2. The maximum atomic E-state index is 12.8. The average Bonchev–Trinajstić information content (AvgIpc) is 2.73. The molecular weight excluding hydrogens is 388 g/mol. The molecule has 4 aliphatic carbocycles. The molecular formula is C25H36N4O2. The number of hydrogen-bond donors (Lipinski definition) is 2. The second-order valence-electron chi connectivity index (χ2n) is 10.6. The number of urea groups is 1. The molecule has 5 aliphatic rings. The summed E-state index contributed by atoms with van der Waals surface area (Å²) in [6.45, 7) is 6.43. The third-order valence-electron chi connectivity index (χ3n) is 8.24. The van der Waals surface area contributed by atoms with Gasteiger partial charge in [-0.15, -0.1) is 0 Å². The molecule has 2 N–H and O–H groups in total. The van der Waals surface area contributed by atoms with Crippen molar-refractivity contribution in [2.75, 3.05) is 26.2 Å². The third kappa shape index (κ3) is 4.65. The predicted molar refractivity (Wildman–Crippen MR) is 120 cm³/mol. The molecule has 1 aliphatic heterocycles. The van der Waals surface area contributed by atoms with E-state index in [1.807, 2.05) is 13.0 Å². The Bertz CT molecular complexity index is 768. The van der Waals surface area contributed by atoms with Crippen molar-refractivity contribution < 1.29 is 9.59 Å². The lowest BCUT2D eigenvalue weighted by molar-refractivity contribution is -0.125. The molecule has 0 aromatic heterocycles. The van der Waals surface area contributed by atoms with Crippen LogP contribution >= 0.6 is 0 Å². The van der Waals surface area contributed by atoms with E-state index in [-0.39, 0.29) is 23.5 Å². The number of nitrogens with zero attached hydrogens (tertiary/aromatic N) is 2.